The molecule has 0 saturated heterocycles. The second-order valence-electron chi connectivity index (χ2n) is 9.94. The lowest BCUT2D eigenvalue weighted by molar-refractivity contribution is -0.139. The van der Waals surface area contributed by atoms with Crippen molar-refractivity contribution in [1.29, 1.82) is 0 Å². The van der Waals surface area contributed by atoms with Crippen molar-refractivity contribution in [3.05, 3.63) is 24.3 Å². The summed E-state index contributed by atoms with van der Waals surface area (Å²) in [5.41, 5.74) is 0. The molecule has 2 atom stereocenters. The van der Waals surface area contributed by atoms with Gasteiger partial charge in [0.1, 0.15) is 0 Å². The number of methoxy groups -OCH3 is 2. The van der Waals surface area contributed by atoms with Crippen molar-refractivity contribution in [2.24, 2.45) is 23.7 Å². The van der Waals surface area contributed by atoms with Gasteiger partial charge in [-0.1, -0.05) is 6.42 Å². The van der Waals surface area contributed by atoms with Gasteiger partial charge < -0.3 is 9.47 Å². The van der Waals surface area contributed by atoms with Crippen LogP contribution in [-0.2, 0) is 28.7 Å². The van der Waals surface area contributed by atoms with E-state index in [2.05, 4.69) is 0 Å². The lowest BCUT2D eigenvalue weighted by atomic mass is 9.81. The highest BCUT2D eigenvalue weighted by atomic mass is 16.5. The number of imide groups is 2. The van der Waals surface area contributed by atoms with Crippen LogP contribution in [0.3, 0.4) is 0 Å². The number of rotatable bonds is 8. The maximum atomic E-state index is 11.5. The Morgan fingerprint density at radius 1 is 0.618 bits per heavy atom. The van der Waals surface area contributed by atoms with Gasteiger partial charge in [-0.2, -0.15) is 0 Å². The molecule has 0 N–H and O–H groups in total. The van der Waals surface area contributed by atoms with E-state index in [0.29, 0.717) is 36.8 Å². The molecule has 4 amide bonds. The van der Waals surface area contributed by atoms with Crippen molar-refractivity contribution in [3.8, 4) is 0 Å². The molecule has 2 unspecified atom stereocenters. The van der Waals surface area contributed by atoms with E-state index < -0.39 is 0 Å². The van der Waals surface area contributed by atoms with E-state index in [1.54, 1.807) is 14.2 Å². The summed E-state index contributed by atoms with van der Waals surface area (Å²) in [6, 6.07) is 0. The van der Waals surface area contributed by atoms with E-state index in [9.17, 15) is 19.2 Å². The molecule has 0 aromatic rings. The van der Waals surface area contributed by atoms with E-state index in [4.69, 9.17) is 9.47 Å². The van der Waals surface area contributed by atoms with E-state index in [1.807, 2.05) is 0 Å². The fourth-order valence-corrected chi connectivity index (χ4v) is 5.51. The summed E-state index contributed by atoms with van der Waals surface area (Å²) < 4.78 is 10.3. The van der Waals surface area contributed by atoms with Gasteiger partial charge in [0.25, 0.3) is 23.6 Å². The molecule has 2 aliphatic heterocycles. The van der Waals surface area contributed by atoms with Gasteiger partial charge in [0.05, 0.1) is 0 Å². The van der Waals surface area contributed by atoms with E-state index in [-0.39, 0.29) is 23.6 Å². The topological polar surface area (TPSA) is 93.2 Å². The largest absolute Gasteiger partial charge is 0.384 e. The van der Waals surface area contributed by atoms with Gasteiger partial charge in [-0.05, 0) is 68.6 Å². The Morgan fingerprint density at radius 2 is 1.03 bits per heavy atom. The number of amides is 4. The predicted molar refractivity (Wildman–Crippen MR) is 126 cm³/mol. The minimum atomic E-state index is -0.163. The molecule has 2 heterocycles. The van der Waals surface area contributed by atoms with Crippen molar-refractivity contribution < 1.29 is 28.7 Å². The van der Waals surface area contributed by atoms with Crippen molar-refractivity contribution in [3.63, 3.8) is 0 Å². The van der Waals surface area contributed by atoms with E-state index in [0.717, 1.165) is 51.7 Å². The quantitative estimate of drug-likeness (QED) is 0.502. The molecule has 188 valence electrons. The molecule has 0 spiro atoms. The molecule has 0 radical (unpaired) electrons. The van der Waals surface area contributed by atoms with Crippen LogP contribution in [-0.4, -0.2) is 74.0 Å². The third kappa shape index (κ3) is 7.34. The summed E-state index contributed by atoms with van der Waals surface area (Å²) in [4.78, 5) is 48.5. The van der Waals surface area contributed by atoms with Crippen LogP contribution in [0.25, 0.3) is 0 Å². The number of carbonyl (C=O) groups excluding carboxylic acids is 4. The van der Waals surface area contributed by atoms with Crippen LogP contribution in [0.2, 0.25) is 0 Å². The molecule has 8 nitrogen and oxygen atoms in total. The Bertz CT molecular complexity index is 761. The van der Waals surface area contributed by atoms with Crippen LogP contribution in [0.15, 0.2) is 24.3 Å². The minimum Gasteiger partial charge on any atom is -0.384 e. The zero-order valence-electron chi connectivity index (χ0n) is 20.4. The van der Waals surface area contributed by atoms with Crippen LogP contribution in [0, 0.1) is 23.7 Å². The van der Waals surface area contributed by atoms with Gasteiger partial charge in [0, 0.05) is 64.8 Å². The highest BCUT2D eigenvalue weighted by Crippen LogP contribution is 2.31. The van der Waals surface area contributed by atoms with Crippen LogP contribution < -0.4 is 0 Å². The second-order valence-corrected chi connectivity index (χ2v) is 9.94. The van der Waals surface area contributed by atoms with E-state index in [1.165, 1.54) is 46.9 Å². The second kappa shape index (κ2) is 13.0. The molecule has 34 heavy (non-hydrogen) atoms. The number of nitrogens with zero attached hydrogens (tertiary/aromatic N) is 2. The third-order valence-electron chi connectivity index (χ3n) is 7.35. The SMILES string of the molecule is COCC1CCC(CN2C(=O)C=CC2=O)CC1.COCC1CCCC(CN2C(=O)C=CC2=O)C1. The predicted octanol–water partition coefficient (Wildman–Crippen LogP) is 2.73. The van der Waals surface area contributed by atoms with Crippen LogP contribution in [0.5, 0.6) is 0 Å². The van der Waals surface area contributed by atoms with Gasteiger partial charge in [-0.25, -0.2) is 0 Å². The third-order valence-corrected chi connectivity index (χ3v) is 7.35. The van der Waals surface area contributed by atoms with Crippen molar-refractivity contribution in [2.75, 3.05) is 40.5 Å². The molecule has 4 rings (SSSR count). The Kier molecular flexibility index (Phi) is 10.0. The highest BCUT2D eigenvalue weighted by Gasteiger charge is 2.30. The summed E-state index contributed by atoms with van der Waals surface area (Å²) in [5.74, 6) is 1.50. The first-order valence-corrected chi connectivity index (χ1v) is 12.5. The maximum Gasteiger partial charge on any atom is 0.253 e. The molecular weight excluding hydrogens is 436 g/mol. The summed E-state index contributed by atoms with van der Waals surface area (Å²) >= 11 is 0. The van der Waals surface area contributed by atoms with Crippen molar-refractivity contribution in [2.45, 2.75) is 51.4 Å². The monoisotopic (exact) mass is 474 g/mol. The van der Waals surface area contributed by atoms with E-state index >= 15 is 0 Å². The molecule has 2 aliphatic carbocycles. The van der Waals surface area contributed by atoms with Crippen LogP contribution in [0.1, 0.15) is 51.4 Å². The number of ether oxygens (including phenoxy) is 2. The van der Waals surface area contributed by atoms with Crippen molar-refractivity contribution in [1.82, 2.24) is 9.80 Å². The first kappa shape index (κ1) is 26.3. The number of hydrogen-bond donors (Lipinski definition) is 0. The first-order chi connectivity index (χ1) is 16.4. The average Bonchev–Trinajstić information content (AvgIpc) is 3.32. The molecule has 0 aromatic heterocycles. The normalized spacial score (nSPS) is 29.1. The lowest BCUT2D eigenvalue weighted by Crippen LogP contribution is -2.36. The van der Waals surface area contributed by atoms with Gasteiger partial charge >= 0.3 is 0 Å². The van der Waals surface area contributed by atoms with Crippen LogP contribution in [0.4, 0.5) is 0 Å². The van der Waals surface area contributed by atoms with Crippen LogP contribution >= 0.6 is 0 Å². The number of hydrogen-bond acceptors (Lipinski definition) is 6. The lowest BCUT2D eigenvalue weighted by Gasteiger charge is -2.30. The zero-order chi connectivity index (χ0) is 24.5. The number of carbonyl (C=O) groups is 4. The van der Waals surface area contributed by atoms with Gasteiger partial charge in [-0.3, -0.25) is 29.0 Å². The fourth-order valence-electron chi connectivity index (χ4n) is 5.51. The van der Waals surface area contributed by atoms with Gasteiger partial charge in [0.2, 0.25) is 0 Å². The zero-order valence-corrected chi connectivity index (χ0v) is 20.4. The molecule has 2 saturated carbocycles. The summed E-state index contributed by atoms with van der Waals surface area (Å²) in [7, 11) is 3.46. The maximum absolute atomic E-state index is 11.5. The summed E-state index contributed by atoms with van der Waals surface area (Å²) in [6.07, 6.45) is 14.4. The smallest absolute Gasteiger partial charge is 0.253 e. The summed E-state index contributed by atoms with van der Waals surface area (Å²) in [6.45, 7) is 2.78. The molecule has 0 aromatic carbocycles. The van der Waals surface area contributed by atoms with Gasteiger partial charge in [-0.15, -0.1) is 0 Å². The fraction of sp³-hybridized carbons (Fsp3) is 0.692. The van der Waals surface area contributed by atoms with Crippen molar-refractivity contribution >= 4 is 23.6 Å². The Labute approximate surface area is 202 Å². The van der Waals surface area contributed by atoms with Gasteiger partial charge in [0.15, 0.2) is 0 Å². The average molecular weight is 475 g/mol. The molecule has 2 fully saturated rings. The molecule has 8 heteroatoms. The molecular formula is C26H38N2O6. The molecule has 0 bridgehead atoms. The Morgan fingerprint density at radius 3 is 1.53 bits per heavy atom. The summed E-state index contributed by atoms with van der Waals surface area (Å²) in [5, 5.41) is 0. The molecule has 4 aliphatic rings. The first-order valence-electron chi connectivity index (χ1n) is 12.5. The minimum absolute atomic E-state index is 0.158. The standard InChI is InChI=1S/2C13H19NO3/c1-17-9-11-4-2-10(3-5-11)8-14-12(15)6-7-13(14)16;1-17-9-11-4-2-3-10(7-11)8-14-12(15)5-6-13(14)16/h6-7,10-11H,2-5,8-9H2,1H3;5-6,10-11H,2-4,7-9H2,1H3. The Hall–Kier alpha value is -2.32. The highest BCUT2D eigenvalue weighted by molar-refractivity contribution is 6.13. The Balaban J connectivity index is 0.000000191.